The number of hydrogen-bond donors (Lipinski definition) is 3. The highest BCUT2D eigenvalue weighted by Gasteiger charge is 2.30. The first-order valence-electron chi connectivity index (χ1n) is 42.8. The summed E-state index contributed by atoms with van der Waals surface area (Å²) in [6, 6.07) is 0. The number of aliphatic hydroxyl groups is 1. The van der Waals surface area contributed by atoms with E-state index in [9.17, 15) is 43.2 Å². The van der Waals surface area contributed by atoms with Gasteiger partial charge in [0.1, 0.15) is 19.3 Å². The third-order valence-electron chi connectivity index (χ3n) is 19.4. The first-order chi connectivity index (χ1) is 49.2. The van der Waals surface area contributed by atoms with E-state index in [0.717, 1.165) is 108 Å². The summed E-state index contributed by atoms with van der Waals surface area (Å²) < 4.78 is 68.8. The van der Waals surface area contributed by atoms with Crippen LogP contribution in [0.1, 0.15) is 434 Å². The van der Waals surface area contributed by atoms with E-state index in [2.05, 4.69) is 48.5 Å². The van der Waals surface area contributed by atoms with E-state index in [4.69, 9.17) is 37.0 Å². The van der Waals surface area contributed by atoms with Gasteiger partial charge in [-0.25, -0.2) is 9.13 Å². The Kier molecular flexibility index (Phi) is 71.8. The summed E-state index contributed by atoms with van der Waals surface area (Å²) in [5.41, 5.74) is 0. The largest absolute Gasteiger partial charge is 0.472 e. The van der Waals surface area contributed by atoms with E-state index in [1.807, 2.05) is 0 Å². The number of rotatable bonds is 81. The third kappa shape index (κ3) is 76.3. The average Bonchev–Trinajstić information content (AvgIpc) is 0.911. The minimum atomic E-state index is -4.96. The summed E-state index contributed by atoms with van der Waals surface area (Å²) in [7, 11) is -9.92. The molecule has 102 heavy (non-hydrogen) atoms. The maximum absolute atomic E-state index is 13.1. The van der Waals surface area contributed by atoms with Crippen molar-refractivity contribution in [3.8, 4) is 0 Å². The lowest BCUT2D eigenvalue weighted by Crippen LogP contribution is -2.30. The van der Waals surface area contributed by atoms with E-state index in [-0.39, 0.29) is 25.7 Å². The number of esters is 4. The Morgan fingerprint density at radius 3 is 0.667 bits per heavy atom. The molecule has 0 saturated carbocycles. The quantitative estimate of drug-likeness (QED) is 0.0222. The van der Waals surface area contributed by atoms with Gasteiger partial charge in [-0.2, -0.15) is 0 Å². The topological polar surface area (TPSA) is 237 Å². The zero-order valence-corrected chi connectivity index (χ0v) is 68.9. The molecule has 0 fully saturated rings. The summed E-state index contributed by atoms with van der Waals surface area (Å²) in [6.45, 7) is 12.0. The molecule has 2 unspecified atom stereocenters. The fourth-order valence-corrected chi connectivity index (χ4v) is 14.4. The highest BCUT2D eigenvalue weighted by atomic mass is 31.2. The molecule has 0 aliphatic rings. The molecule has 0 aromatic heterocycles. The molecule has 5 atom stereocenters. The lowest BCUT2D eigenvalue weighted by molar-refractivity contribution is -0.161. The molecular formula is C83H162O17P2. The Hall–Kier alpha value is -1.94. The summed E-state index contributed by atoms with van der Waals surface area (Å²) in [5, 5.41) is 10.7. The van der Waals surface area contributed by atoms with Crippen molar-refractivity contribution in [2.45, 2.75) is 452 Å². The van der Waals surface area contributed by atoms with Crippen molar-refractivity contribution in [2.24, 2.45) is 17.8 Å². The van der Waals surface area contributed by atoms with E-state index in [1.165, 1.54) is 244 Å². The van der Waals surface area contributed by atoms with Crippen molar-refractivity contribution in [2.75, 3.05) is 39.6 Å². The maximum Gasteiger partial charge on any atom is 0.472 e. The molecule has 0 rings (SSSR count). The fraction of sp³-hybridized carbons (Fsp3) is 0.952. The van der Waals surface area contributed by atoms with Gasteiger partial charge >= 0.3 is 39.5 Å². The van der Waals surface area contributed by atoms with E-state index in [0.29, 0.717) is 25.7 Å². The molecule has 0 aliphatic carbocycles. The van der Waals surface area contributed by atoms with Crippen LogP contribution in [-0.2, 0) is 65.4 Å². The molecular weight excluding hydrogens is 1330 g/mol. The molecule has 0 radical (unpaired) electrons. The third-order valence-corrected chi connectivity index (χ3v) is 21.3. The van der Waals surface area contributed by atoms with Crippen LogP contribution in [0.25, 0.3) is 0 Å². The second-order valence-corrected chi connectivity index (χ2v) is 34.2. The molecule has 0 bridgehead atoms. The summed E-state index contributed by atoms with van der Waals surface area (Å²) in [6.07, 6.45) is 62.4. The Morgan fingerprint density at radius 2 is 0.451 bits per heavy atom. The number of unbranched alkanes of at least 4 members (excludes halogenated alkanes) is 49. The highest BCUT2D eigenvalue weighted by molar-refractivity contribution is 7.47. The van der Waals surface area contributed by atoms with Crippen LogP contribution in [0.5, 0.6) is 0 Å². The van der Waals surface area contributed by atoms with Crippen LogP contribution in [-0.4, -0.2) is 96.7 Å². The van der Waals surface area contributed by atoms with E-state index >= 15 is 0 Å². The minimum absolute atomic E-state index is 0.108. The van der Waals surface area contributed by atoms with Crippen molar-refractivity contribution < 1.29 is 80.2 Å². The van der Waals surface area contributed by atoms with E-state index in [1.54, 1.807) is 0 Å². The Morgan fingerprint density at radius 1 is 0.265 bits per heavy atom. The molecule has 19 heteroatoms. The van der Waals surface area contributed by atoms with Gasteiger partial charge in [-0.15, -0.1) is 0 Å². The van der Waals surface area contributed by atoms with Gasteiger partial charge < -0.3 is 33.8 Å². The van der Waals surface area contributed by atoms with Crippen LogP contribution in [0.2, 0.25) is 0 Å². The van der Waals surface area contributed by atoms with Crippen molar-refractivity contribution >= 4 is 39.5 Å². The van der Waals surface area contributed by atoms with E-state index < -0.39 is 97.5 Å². The number of hydrogen-bond acceptors (Lipinski definition) is 15. The Balaban J connectivity index is 5.26. The van der Waals surface area contributed by atoms with Gasteiger partial charge in [0.15, 0.2) is 12.2 Å². The first-order valence-corrected chi connectivity index (χ1v) is 45.8. The smallest absolute Gasteiger partial charge is 0.462 e. The molecule has 0 saturated heterocycles. The van der Waals surface area contributed by atoms with Gasteiger partial charge in [0, 0.05) is 25.7 Å². The van der Waals surface area contributed by atoms with Gasteiger partial charge in [-0.05, 0) is 43.4 Å². The molecule has 17 nitrogen and oxygen atoms in total. The highest BCUT2D eigenvalue weighted by Crippen LogP contribution is 2.45. The first kappa shape index (κ1) is 100. The van der Waals surface area contributed by atoms with Gasteiger partial charge in [-0.3, -0.25) is 37.3 Å². The average molecular weight is 1490 g/mol. The molecule has 0 heterocycles. The molecule has 0 aromatic carbocycles. The number of aliphatic hydroxyl groups excluding tert-OH is 1. The number of carbonyl (C=O) groups excluding carboxylic acids is 4. The van der Waals surface area contributed by atoms with Gasteiger partial charge in [0.05, 0.1) is 26.4 Å². The van der Waals surface area contributed by atoms with Gasteiger partial charge in [-0.1, -0.05) is 382 Å². The van der Waals surface area contributed by atoms with Crippen LogP contribution >= 0.6 is 15.6 Å². The van der Waals surface area contributed by atoms with Crippen LogP contribution < -0.4 is 0 Å². The standard InChI is InChI=1S/C83H162O17P2/c1-8-9-10-11-12-13-14-15-16-19-26-31-36-45-52-59-66-83(88)100-79(71-94-81(86)65-58-51-44-39-38-42-49-56-63-76(6)7)73-98-102(91,92)96-69-77(84)68-95-101(89,90)97-72-78(70-93-80(85)64-57-50-43-35-30-25-22-21-24-29-34-41-48-55-62-75(4)5)99-82(87)67-60-53-46-37-32-27-20-17-18-23-28-33-40-47-54-61-74(2)3/h74-79,84H,8-73H2,1-7H3,(H,89,90)(H,91,92)/t77-,78-,79-/m1/s1. The van der Waals surface area contributed by atoms with Crippen molar-refractivity contribution in [3.05, 3.63) is 0 Å². The second-order valence-electron chi connectivity index (χ2n) is 31.3. The lowest BCUT2D eigenvalue weighted by Gasteiger charge is -2.21. The second kappa shape index (κ2) is 73.2. The number of carbonyl (C=O) groups is 4. The normalized spacial score (nSPS) is 13.9. The molecule has 0 amide bonds. The predicted molar refractivity (Wildman–Crippen MR) is 418 cm³/mol. The minimum Gasteiger partial charge on any atom is -0.462 e. The zero-order chi connectivity index (χ0) is 75.1. The molecule has 0 aliphatic heterocycles. The molecule has 3 N–H and O–H groups in total. The van der Waals surface area contributed by atoms with Gasteiger partial charge in [0.2, 0.25) is 0 Å². The van der Waals surface area contributed by atoms with Crippen molar-refractivity contribution in [1.29, 1.82) is 0 Å². The van der Waals surface area contributed by atoms with Crippen LogP contribution in [0.4, 0.5) is 0 Å². The molecule has 0 spiro atoms. The van der Waals surface area contributed by atoms with Crippen molar-refractivity contribution in [3.63, 3.8) is 0 Å². The SMILES string of the molecule is CCCCCCCCCCCCCCCCCCC(=O)O[C@H](COC(=O)CCCCCCCCCCC(C)C)COP(=O)(O)OC[C@H](O)COP(=O)(O)OC[C@@H](COC(=O)CCCCCCCCCCCCCCCCC(C)C)OC(=O)CCCCCCCCCCCCCCCCCC(C)C. The predicted octanol–water partition coefficient (Wildman–Crippen LogP) is 24.9. The van der Waals surface area contributed by atoms with Crippen LogP contribution in [0.15, 0.2) is 0 Å². The van der Waals surface area contributed by atoms with Crippen molar-refractivity contribution in [1.82, 2.24) is 0 Å². The van der Waals surface area contributed by atoms with Crippen LogP contribution in [0.3, 0.4) is 0 Å². The number of phosphoric ester groups is 2. The molecule has 606 valence electrons. The number of ether oxygens (including phenoxy) is 4. The Bertz CT molecular complexity index is 1970. The fourth-order valence-electron chi connectivity index (χ4n) is 12.8. The Labute approximate surface area is 626 Å². The lowest BCUT2D eigenvalue weighted by atomic mass is 10.0. The number of phosphoric acid groups is 2. The summed E-state index contributed by atoms with van der Waals surface area (Å²) in [5.74, 6) is 0.221. The van der Waals surface area contributed by atoms with Crippen LogP contribution in [0, 0.1) is 17.8 Å². The summed E-state index contributed by atoms with van der Waals surface area (Å²) >= 11 is 0. The molecule has 0 aromatic rings. The zero-order valence-electron chi connectivity index (χ0n) is 67.1. The monoisotopic (exact) mass is 1490 g/mol. The summed E-state index contributed by atoms with van der Waals surface area (Å²) in [4.78, 5) is 73.1. The van der Waals surface area contributed by atoms with Gasteiger partial charge in [0.25, 0.3) is 0 Å². The maximum atomic E-state index is 13.1.